The molecule has 0 fully saturated rings. The second kappa shape index (κ2) is 7.70. The minimum absolute atomic E-state index is 0.487. The number of rotatable bonds is 6. The average Bonchev–Trinajstić information content (AvgIpc) is 2.51. The highest BCUT2D eigenvalue weighted by Crippen LogP contribution is 2.26. The van der Waals surface area contributed by atoms with E-state index < -0.39 is 0 Å². The van der Waals surface area contributed by atoms with E-state index in [9.17, 15) is 0 Å². The first-order valence-electron chi connectivity index (χ1n) is 7.08. The molecule has 1 aromatic heterocycles. The lowest BCUT2D eigenvalue weighted by molar-refractivity contribution is 0.181. The van der Waals surface area contributed by atoms with Crippen LogP contribution >= 0.6 is 22.6 Å². The van der Waals surface area contributed by atoms with Gasteiger partial charge in [0.15, 0.2) is 5.82 Å². The van der Waals surface area contributed by atoms with Crippen LogP contribution in [0, 0.1) is 3.57 Å². The van der Waals surface area contributed by atoms with Crippen LogP contribution in [0.5, 0.6) is 0 Å². The van der Waals surface area contributed by atoms with Crippen molar-refractivity contribution in [1.29, 1.82) is 0 Å². The summed E-state index contributed by atoms with van der Waals surface area (Å²) in [6, 6.07) is 8.28. The lowest BCUT2D eigenvalue weighted by Gasteiger charge is -2.13. The molecule has 1 N–H and O–H groups in total. The predicted molar refractivity (Wildman–Crippen MR) is 94.4 cm³/mol. The predicted octanol–water partition coefficient (Wildman–Crippen LogP) is 3.89. The summed E-state index contributed by atoms with van der Waals surface area (Å²) >= 11 is 2.27. The molecule has 112 valence electrons. The molecule has 0 saturated heterocycles. The molecule has 0 aliphatic heterocycles. The van der Waals surface area contributed by atoms with Gasteiger partial charge in [-0.3, -0.25) is 0 Å². The SMILES string of the molecule is CCNc1nc(-c2ccccc2CC)nc(COC)c1I. The van der Waals surface area contributed by atoms with Crippen molar-refractivity contribution >= 4 is 28.4 Å². The number of halogens is 1. The molecule has 2 rings (SSSR count). The van der Waals surface area contributed by atoms with Crippen LogP contribution in [0.2, 0.25) is 0 Å². The van der Waals surface area contributed by atoms with Gasteiger partial charge < -0.3 is 10.1 Å². The fourth-order valence-electron chi connectivity index (χ4n) is 2.18. The van der Waals surface area contributed by atoms with E-state index in [0.29, 0.717) is 6.61 Å². The number of benzene rings is 1. The zero-order chi connectivity index (χ0) is 15.2. The Kier molecular flexibility index (Phi) is 5.93. The molecular formula is C16H20IN3O. The van der Waals surface area contributed by atoms with Gasteiger partial charge in [0.25, 0.3) is 0 Å². The van der Waals surface area contributed by atoms with Gasteiger partial charge in [-0.2, -0.15) is 0 Å². The number of hydrogen-bond acceptors (Lipinski definition) is 4. The quantitative estimate of drug-likeness (QED) is 0.752. The zero-order valence-electron chi connectivity index (χ0n) is 12.6. The van der Waals surface area contributed by atoms with Crippen molar-refractivity contribution in [1.82, 2.24) is 9.97 Å². The van der Waals surface area contributed by atoms with Crippen LogP contribution in [-0.2, 0) is 17.8 Å². The van der Waals surface area contributed by atoms with Crippen molar-refractivity contribution in [3.63, 3.8) is 0 Å². The monoisotopic (exact) mass is 397 g/mol. The molecule has 0 aliphatic carbocycles. The van der Waals surface area contributed by atoms with Crippen LogP contribution in [0.3, 0.4) is 0 Å². The number of ether oxygens (including phenoxy) is 1. The van der Waals surface area contributed by atoms with E-state index in [1.165, 1.54) is 5.56 Å². The summed E-state index contributed by atoms with van der Waals surface area (Å²) in [7, 11) is 1.69. The number of aryl methyl sites for hydroxylation is 1. The molecule has 21 heavy (non-hydrogen) atoms. The molecule has 0 amide bonds. The van der Waals surface area contributed by atoms with E-state index in [-0.39, 0.29) is 0 Å². The van der Waals surface area contributed by atoms with Gasteiger partial charge in [0.05, 0.1) is 15.9 Å². The number of nitrogens with zero attached hydrogens (tertiary/aromatic N) is 2. The number of nitrogens with one attached hydrogen (secondary N) is 1. The molecule has 0 unspecified atom stereocenters. The maximum Gasteiger partial charge on any atom is 0.162 e. The molecule has 0 atom stereocenters. The van der Waals surface area contributed by atoms with Crippen LogP contribution < -0.4 is 5.32 Å². The third-order valence-corrected chi connectivity index (χ3v) is 4.32. The second-order valence-corrected chi connectivity index (χ2v) is 5.71. The van der Waals surface area contributed by atoms with Gasteiger partial charge in [-0.25, -0.2) is 9.97 Å². The minimum atomic E-state index is 0.487. The molecule has 0 spiro atoms. The van der Waals surface area contributed by atoms with Crippen molar-refractivity contribution < 1.29 is 4.74 Å². The van der Waals surface area contributed by atoms with Crippen molar-refractivity contribution in [3.8, 4) is 11.4 Å². The Hall–Kier alpha value is -1.21. The Bertz CT molecular complexity index is 589. The van der Waals surface area contributed by atoms with Crippen LogP contribution in [0.25, 0.3) is 11.4 Å². The molecular weight excluding hydrogens is 377 g/mol. The van der Waals surface area contributed by atoms with Crippen LogP contribution in [0.15, 0.2) is 24.3 Å². The highest BCUT2D eigenvalue weighted by atomic mass is 127. The summed E-state index contributed by atoms with van der Waals surface area (Å²) in [5, 5.41) is 3.31. The van der Waals surface area contributed by atoms with E-state index in [1.54, 1.807) is 7.11 Å². The number of aromatic nitrogens is 2. The van der Waals surface area contributed by atoms with Gasteiger partial charge in [-0.1, -0.05) is 31.2 Å². The summed E-state index contributed by atoms with van der Waals surface area (Å²) in [5.41, 5.74) is 3.27. The highest BCUT2D eigenvalue weighted by Gasteiger charge is 2.14. The summed E-state index contributed by atoms with van der Waals surface area (Å²) in [5.74, 6) is 1.64. The summed E-state index contributed by atoms with van der Waals surface area (Å²) in [6.07, 6.45) is 0.960. The summed E-state index contributed by atoms with van der Waals surface area (Å²) < 4.78 is 6.29. The molecule has 1 heterocycles. The first kappa shape index (κ1) is 16.2. The fourth-order valence-corrected chi connectivity index (χ4v) is 2.77. The van der Waals surface area contributed by atoms with Gasteiger partial charge in [0.2, 0.25) is 0 Å². The van der Waals surface area contributed by atoms with E-state index >= 15 is 0 Å². The summed E-state index contributed by atoms with van der Waals surface area (Å²) in [6.45, 7) is 5.52. The minimum Gasteiger partial charge on any atom is -0.378 e. The van der Waals surface area contributed by atoms with Gasteiger partial charge in [0.1, 0.15) is 5.82 Å². The Morgan fingerprint density at radius 3 is 2.62 bits per heavy atom. The van der Waals surface area contributed by atoms with Gasteiger partial charge in [-0.05, 0) is 41.5 Å². The molecule has 2 aromatic rings. The highest BCUT2D eigenvalue weighted by molar-refractivity contribution is 14.1. The molecule has 0 aliphatic rings. The van der Waals surface area contributed by atoms with E-state index in [1.807, 2.05) is 6.07 Å². The Labute approximate surface area is 139 Å². The Balaban J connectivity index is 2.57. The standard InChI is InChI=1S/C16H20IN3O/c1-4-11-8-6-7-9-12(11)15-19-13(10-21-3)14(17)16(20-15)18-5-2/h6-9H,4-5,10H2,1-3H3,(H,18,19,20). The van der Waals surface area contributed by atoms with Crippen LogP contribution in [0.4, 0.5) is 5.82 Å². The Morgan fingerprint density at radius 2 is 1.95 bits per heavy atom. The van der Waals surface area contributed by atoms with Gasteiger partial charge in [-0.15, -0.1) is 0 Å². The van der Waals surface area contributed by atoms with Gasteiger partial charge in [0, 0.05) is 19.2 Å². The topological polar surface area (TPSA) is 47.0 Å². The average molecular weight is 397 g/mol. The molecule has 4 nitrogen and oxygen atoms in total. The molecule has 0 bridgehead atoms. The number of hydrogen-bond donors (Lipinski definition) is 1. The van der Waals surface area contributed by atoms with Crippen molar-refractivity contribution in [3.05, 3.63) is 39.1 Å². The van der Waals surface area contributed by atoms with Crippen molar-refractivity contribution in [2.24, 2.45) is 0 Å². The van der Waals surface area contributed by atoms with Crippen LogP contribution in [0.1, 0.15) is 25.1 Å². The van der Waals surface area contributed by atoms with E-state index in [0.717, 1.165) is 39.4 Å². The molecule has 5 heteroatoms. The smallest absolute Gasteiger partial charge is 0.162 e. The molecule has 0 saturated carbocycles. The largest absolute Gasteiger partial charge is 0.378 e. The molecule has 0 radical (unpaired) electrons. The van der Waals surface area contributed by atoms with Crippen molar-refractivity contribution in [2.75, 3.05) is 19.0 Å². The van der Waals surface area contributed by atoms with Gasteiger partial charge >= 0.3 is 0 Å². The lowest BCUT2D eigenvalue weighted by Crippen LogP contribution is -2.09. The Morgan fingerprint density at radius 1 is 1.19 bits per heavy atom. The first-order chi connectivity index (χ1) is 10.2. The third kappa shape index (κ3) is 3.71. The fraction of sp³-hybridized carbons (Fsp3) is 0.375. The lowest BCUT2D eigenvalue weighted by atomic mass is 10.0. The maximum absolute atomic E-state index is 5.27. The number of anilines is 1. The maximum atomic E-state index is 5.27. The van der Waals surface area contributed by atoms with E-state index in [4.69, 9.17) is 14.7 Å². The first-order valence-corrected chi connectivity index (χ1v) is 8.16. The van der Waals surface area contributed by atoms with Crippen molar-refractivity contribution in [2.45, 2.75) is 26.9 Å². The molecule has 1 aromatic carbocycles. The number of methoxy groups -OCH3 is 1. The second-order valence-electron chi connectivity index (χ2n) is 4.63. The van der Waals surface area contributed by atoms with E-state index in [2.05, 4.69) is 60.0 Å². The summed E-state index contributed by atoms with van der Waals surface area (Å²) in [4.78, 5) is 9.40. The third-order valence-electron chi connectivity index (χ3n) is 3.18. The van der Waals surface area contributed by atoms with Crippen LogP contribution in [-0.4, -0.2) is 23.6 Å². The zero-order valence-corrected chi connectivity index (χ0v) is 14.8. The normalized spacial score (nSPS) is 10.7.